The standard InChI is InChI=1S/C16H19NO10S/c1-7-4-12(19)26-10-5-8(2-3-9(7)10)25-16-13(17-28(22,23)24)15(21)14(20)11(6-18)27-16/h2-5,11,13-18,20-21H,6H2,1H3,(H,22,23,24)/t11-,13+,14-,15-,16+/m1/s1. The molecule has 2 heterocycles. The molecule has 1 aliphatic heterocycles. The lowest BCUT2D eigenvalue weighted by Gasteiger charge is -2.41. The summed E-state index contributed by atoms with van der Waals surface area (Å²) in [5, 5.41) is 30.1. The van der Waals surface area contributed by atoms with Gasteiger partial charge in [0, 0.05) is 17.5 Å². The molecule has 2 aromatic rings. The first-order chi connectivity index (χ1) is 13.1. The molecule has 3 rings (SSSR count). The van der Waals surface area contributed by atoms with Crippen molar-refractivity contribution in [3.63, 3.8) is 0 Å². The number of rotatable bonds is 5. The number of hydrogen-bond donors (Lipinski definition) is 5. The monoisotopic (exact) mass is 417 g/mol. The van der Waals surface area contributed by atoms with E-state index in [0.717, 1.165) is 0 Å². The van der Waals surface area contributed by atoms with E-state index in [1.807, 2.05) is 0 Å². The Morgan fingerprint density at radius 1 is 1.21 bits per heavy atom. The van der Waals surface area contributed by atoms with E-state index in [1.165, 1.54) is 18.2 Å². The van der Waals surface area contributed by atoms with Crippen LogP contribution in [0.3, 0.4) is 0 Å². The van der Waals surface area contributed by atoms with Crippen molar-refractivity contribution >= 4 is 21.3 Å². The van der Waals surface area contributed by atoms with Crippen molar-refractivity contribution in [2.45, 2.75) is 37.6 Å². The molecule has 11 nitrogen and oxygen atoms in total. The van der Waals surface area contributed by atoms with E-state index in [-0.39, 0.29) is 11.3 Å². The van der Waals surface area contributed by atoms with Gasteiger partial charge in [0.15, 0.2) is 0 Å². The minimum atomic E-state index is -4.78. The van der Waals surface area contributed by atoms with Gasteiger partial charge in [0.1, 0.15) is 35.7 Å². The summed E-state index contributed by atoms with van der Waals surface area (Å²) in [6.45, 7) is 1.04. The molecule has 1 aliphatic rings. The molecule has 5 atom stereocenters. The Bertz CT molecular complexity index is 1020. The van der Waals surface area contributed by atoms with Gasteiger partial charge in [0.25, 0.3) is 0 Å². The predicted octanol–water partition coefficient (Wildman–Crippen LogP) is -1.32. The smallest absolute Gasteiger partial charge is 0.336 e. The average molecular weight is 417 g/mol. The zero-order valence-corrected chi connectivity index (χ0v) is 15.4. The molecule has 0 amide bonds. The van der Waals surface area contributed by atoms with E-state index in [0.29, 0.717) is 10.9 Å². The number of aryl methyl sites for hydroxylation is 1. The summed E-state index contributed by atoms with van der Waals surface area (Å²) in [5.74, 6) is 0.0914. The number of aliphatic hydroxyl groups excluding tert-OH is 3. The van der Waals surface area contributed by atoms with Crippen LogP contribution in [0, 0.1) is 6.92 Å². The van der Waals surface area contributed by atoms with Crippen molar-refractivity contribution < 1.29 is 42.2 Å². The van der Waals surface area contributed by atoms with Gasteiger partial charge in [-0.25, -0.2) is 4.79 Å². The molecule has 5 N–H and O–H groups in total. The first-order valence-electron chi connectivity index (χ1n) is 8.17. The van der Waals surface area contributed by atoms with Crippen LogP contribution in [0.5, 0.6) is 5.75 Å². The van der Waals surface area contributed by atoms with Crippen LogP contribution in [0.25, 0.3) is 11.0 Å². The Morgan fingerprint density at radius 2 is 1.93 bits per heavy atom. The highest BCUT2D eigenvalue weighted by Crippen LogP contribution is 2.27. The van der Waals surface area contributed by atoms with Crippen LogP contribution in [0.1, 0.15) is 5.56 Å². The number of aliphatic hydroxyl groups is 3. The van der Waals surface area contributed by atoms with E-state index in [4.69, 9.17) is 18.4 Å². The zero-order chi connectivity index (χ0) is 20.6. The maximum Gasteiger partial charge on any atom is 0.336 e. The predicted molar refractivity (Wildman–Crippen MR) is 94.1 cm³/mol. The second kappa shape index (κ2) is 7.75. The van der Waals surface area contributed by atoms with Gasteiger partial charge in [0.05, 0.1) is 6.61 Å². The lowest BCUT2D eigenvalue weighted by atomic mass is 9.98. The SMILES string of the molecule is Cc1cc(=O)oc2cc(O[C@H]3O[C@H](CO)[C@@H](O)[C@H](O)[C@@H]3NS(=O)(=O)O)ccc12. The number of hydrogen-bond acceptors (Lipinski definition) is 9. The van der Waals surface area contributed by atoms with Crippen LogP contribution in [-0.4, -0.2) is 65.5 Å². The fourth-order valence-electron chi connectivity index (χ4n) is 2.99. The third kappa shape index (κ3) is 4.33. The van der Waals surface area contributed by atoms with Crippen molar-refractivity contribution in [1.82, 2.24) is 4.72 Å². The fourth-order valence-corrected chi connectivity index (χ4v) is 3.59. The molecule has 1 aromatic heterocycles. The third-order valence-electron chi connectivity index (χ3n) is 4.34. The molecular weight excluding hydrogens is 398 g/mol. The minimum Gasteiger partial charge on any atom is -0.463 e. The highest BCUT2D eigenvalue weighted by Gasteiger charge is 2.47. The van der Waals surface area contributed by atoms with Gasteiger partial charge in [-0.05, 0) is 24.6 Å². The maximum absolute atomic E-state index is 11.5. The van der Waals surface area contributed by atoms with Crippen molar-refractivity contribution in [3.8, 4) is 5.75 Å². The van der Waals surface area contributed by atoms with Gasteiger partial charge in [-0.2, -0.15) is 13.1 Å². The quantitative estimate of drug-likeness (QED) is 0.290. The zero-order valence-electron chi connectivity index (χ0n) is 14.5. The van der Waals surface area contributed by atoms with Crippen molar-refractivity contribution in [2.75, 3.05) is 6.61 Å². The molecule has 0 spiro atoms. The number of benzene rings is 1. The van der Waals surface area contributed by atoms with Gasteiger partial charge in [-0.1, -0.05) is 0 Å². The summed E-state index contributed by atoms with van der Waals surface area (Å²) in [4.78, 5) is 11.5. The summed E-state index contributed by atoms with van der Waals surface area (Å²) >= 11 is 0. The molecule has 0 saturated carbocycles. The molecule has 0 radical (unpaired) electrons. The Balaban J connectivity index is 1.94. The molecule has 0 unspecified atom stereocenters. The van der Waals surface area contributed by atoms with Gasteiger partial charge < -0.3 is 29.2 Å². The van der Waals surface area contributed by atoms with Gasteiger partial charge in [0.2, 0.25) is 6.29 Å². The average Bonchev–Trinajstić information content (AvgIpc) is 2.59. The number of nitrogens with one attached hydrogen (secondary N) is 1. The number of fused-ring (bicyclic) bond motifs is 1. The third-order valence-corrected chi connectivity index (χ3v) is 4.91. The van der Waals surface area contributed by atoms with Gasteiger partial charge >= 0.3 is 15.9 Å². The Hall–Kier alpha value is -2.06. The second-order valence-corrected chi connectivity index (χ2v) is 7.54. The van der Waals surface area contributed by atoms with Crippen molar-refractivity contribution in [1.29, 1.82) is 0 Å². The van der Waals surface area contributed by atoms with Crippen LogP contribution in [0.2, 0.25) is 0 Å². The Kier molecular flexibility index (Phi) is 5.72. The highest BCUT2D eigenvalue weighted by molar-refractivity contribution is 7.83. The van der Waals surface area contributed by atoms with Gasteiger partial charge in [-0.3, -0.25) is 4.55 Å². The summed E-state index contributed by atoms with van der Waals surface area (Å²) in [7, 11) is -4.78. The van der Waals surface area contributed by atoms with Gasteiger partial charge in [-0.15, -0.1) is 0 Å². The molecule has 0 bridgehead atoms. The van der Waals surface area contributed by atoms with E-state index in [2.05, 4.69) is 0 Å². The summed E-state index contributed by atoms with van der Waals surface area (Å²) in [6, 6.07) is 4.19. The summed E-state index contributed by atoms with van der Waals surface area (Å²) in [5.41, 5.74) is 0.314. The highest BCUT2D eigenvalue weighted by atomic mass is 32.2. The Labute approximate surface area is 159 Å². The van der Waals surface area contributed by atoms with E-state index in [9.17, 15) is 28.5 Å². The first kappa shape index (κ1) is 20.7. The maximum atomic E-state index is 11.5. The van der Waals surface area contributed by atoms with Crippen LogP contribution in [-0.2, 0) is 15.0 Å². The molecule has 1 fully saturated rings. The molecular formula is C16H19NO10S. The van der Waals surface area contributed by atoms with E-state index >= 15 is 0 Å². The minimum absolute atomic E-state index is 0.0914. The van der Waals surface area contributed by atoms with Crippen LogP contribution in [0.4, 0.5) is 0 Å². The normalized spacial score (nSPS) is 28.4. The van der Waals surface area contributed by atoms with E-state index < -0.39 is 53.2 Å². The topological polar surface area (TPSA) is 176 Å². The molecule has 1 saturated heterocycles. The summed E-state index contributed by atoms with van der Waals surface area (Å²) < 4.78 is 49.1. The fraction of sp³-hybridized carbons (Fsp3) is 0.438. The molecule has 12 heteroatoms. The number of ether oxygens (including phenoxy) is 2. The molecule has 154 valence electrons. The summed E-state index contributed by atoms with van der Waals surface area (Å²) in [6.07, 6.45) is -6.17. The Morgan fingerprint density at radius 3 is 2.57 bits per heavy atom. The molecule has 1 aromatic carbocycles. The largest absolute Gasteiger partial charge is 0.463 e. The lowest BCUT2D eigenvalue weighted by molar-refractivity contribution is -0.242. The second-order valence-electron chi connectivity index (χ2n) is 6.35. The first-order valence-corrected chi connectivity index (χ1v) is 9.61. The van der Waals surface area contributed by atoms with E-state index in [1.54, 1.807) is 17.7 Å². The van der Waals surface area contributed by atoms with Crippen LogP contribution < -0.4 is 15.1 Å². The molecule has 28 heavy (non-hydrogen) atoms. The molecule has 0 aliphatic carbocycles. The van der Waals surface area contributed by atoms with Crippen molar-refractivity contribution in [3.05, 3.63) is 40.2 Å². The van der Waals surface area contributed by atoms with Crippen LogP contribution in [0.15, 0.2) is 33.5 Å². The lowest BCUT2D eigenvalue weighted by Crippen LogP contribution is -2.65. The van der Waals surface area contributed by atoms with Crippen molar-refractivity contribution in [2.24, 2.45) is 0 Å². The van der Waals surface area contributed by atoms with Crippen LogP contribution >= 0.6 is 0 Å².